The van der Waals surface area contributed by atoms with E-state index in [2.05, 4.69) is 0 Å². The van der Waals surface area contributed by atoms with Gasteiger partial charge in [0, 0.05) is 12.2 Å². The van der Waals surface area contributed by atoms with E-state index in [4.69, 9.17) is 4.18 Å². The smallest absolute Gasteiger partial charge is 0.267 e. The Bertz CT molecular complexity index is 658. The summed E-state index contributed by atoms with van der Waals surface area (Å²) < 4.78 is 104. The van der Waals surface area contributed by atoms with Crippen LogP contribution in [0.3, 0.4) is 0 Å². The van der Waals surface area contributed by atoms with Crippen molar-refractivity contribution < 1.29 is 38.6 Å². The number of halogens is 4. The van der Waals surface area contributed by atoms with Crippen molar-refractivity contribution in [2.24, 2.45) is 17.8 Å². The van der Waals surface area contributed by atoms with Crippen LogP contribution in [0.5, 0.6) is 0 Å². The average molecular weight is 368 g/mol. The molecule has 0 aromatic rings. The van der Waals surface area contributed by atoms with Crippen molar-refractivity contribution in [3.63, 3.8) is 0 Å². The fourth-order valence-corrected chi connectivity index (χ4v) is 4.80. The molecule has 2 bridgehead atoms. The van der Waals surface area contributed by atoms with E-state index in [1.165, 1.54) is 0 Å². The predicted octanol–water partition coefficient (Wildman–Crippen LogP) is 1.65. The third kappa shape index (κ3) is 2.86. The third-order valence-corrected chi connectivity index (χ3v) is 6.21. The summed E-state index contributed by atoms with van der Waals surface area (Å²) in [5.41, 5.74) is 0. The van der Waals surface area contributed by atoms with E-state index in [0.717, 1.165) is 6.26 Å². The van der Waals surface area contributed by atoms with Gasteiger partial charge in [-0.05, 0) is 31.1 Å². The van der Waals surface area contributed by atoms with E-state index < -0.39 is 55.0 Å². The van der Waals surface area contributed by atoms with E-state index in [0.29, 0.717) is 0 Å². The molecule has 0 heterocycles. The Hall–Kier alpha value is -0.420. The number of rotatable bonds is 5. The van der Waals surface area contributed by atoms with Crippen molar-refractivity contribution >= 4 is 20.0 Å². The maximum absolute atomic E-state index is 14.0. The number of alkyl halides is 4. The fraction of sp³-hybridized carbons (Fsp3) is 1.00. The van der Waals surface area contributed by atoms with Crippen LogP contribution < -0.4 is 0 Å². The van der Waals surface area contributed by atoms with Gasteiger partial charge in [-0.2, -0.15) is 26.0 Å². The van der Waals surface area contributed by atoms with Crippen LogP contribution in [-0.2, 0) is 24.1 Å². The lowest BCUT2D eigenvalue weighted by Crippen LogP contribution is -2.53. The molecule has 2 saturated carbocycles. The topological polar surface area (TPSA) is 77.5 Å². The van der Waals surface area contributed by atoms with Gasteiger partial charge in [0.25, 0.3) is 10.1 Å². The van der Waals surface area contributed by atoms with Gasteiger partial charge in [-0.25, -0.2) is 8.42 Å². The zero-order valence-electron chi connectivity index (χ0n) is 11.8. The van der Waals surface area contributed by atoms with E-state index in [1.54, 1.807) is 0 Å². The van der Waals surface area contributed by atoms with Gasteiger partial charge in [-0.1, -0.05) is 0 Å². The van der Waals surface area contributed by atoms with Gasteiger partial charge in [0.05, 0.1) is 12.4 Å². The standard InChI is InChI=1S/C11H16F4O5S2/c1-21(16,17)11(14,15)10(12,13)8-4-7-3-6(8)5-9(7)20-22(2,18)19/h6-9H,3-5H2,1-2H3. The number of sulfone groups is 1. The molecule has 0 aliphatic heterocycles. The Labute approximate surface area is 126 Å². The molecular weight excluding hydrogens is 352 g/mol. The molecule has 0 radical (unpaired) electrons. The first-order valence-electron chi connectivity index (χ1n) is 6.50. The highest BCUT2D eigenvalue weighted by atomic mass is 32.2. The highest BCUT2D eigenvalue weighted by Gasteiger charge is 2.71. The minimum absolute atomic E-state index is 0.0731. The molecule has 5 nitrogen and oxygen atoms in total. The van der Waals surface area contributed by atoms with Gasteiger partial charge in [-0.3, -0.25) is 4.18 Å². The molecule has 4 atom stereocenters. The van der Waals surface area contributed by atoms with Crippen LogP contribution in [0.4, 0.5) is 17.6 Å². The lowest BCUT2D eigenvalue weighted by molar-refractivity contribution is -0.201. The van der Waals surface area contributed by atoms with Crippen molar-refractivity contribution in [3.8, 4) is 0 Å². The van der Waals surface area contributed by atoms with Crippen LogP contribution in [-0.4, -0.2) is 46.6 Å². The van der Waals surface area contributed by atoms with E-state index in [-0.39, 0.29) is 25.5 Å². The lowest BCUT2D eigenvalue weighted by Gasteiger charge is -2.35. The Kier molecular flexibility index (Phi) is 4.10. The summed E-state index contributed by atoms with van der Waals surface area (Å²) in [4.78, 5) is 0. The molecule has 0 spiro atoms. The van der Waals surface area contributed by atoms with E-state index in [9.17, 15) is 34.4 Å². The van der Waals surface area contributed by atoms with E-state index >= 15 is 0 Å². The van der Waals surface area contributed by atoms with Gasteiger partial charge < -0.3 is 0 Å². The summed E-state index contributed by atoms with van der Waals surface area (Å²) in [6, 6.07) is 0. The molecule has 0 amide bonds. The Morgan fingerprint density at radius 1 is 0.909 bits per heavy atom. The van der Waals surface area contributed by atoms with Crippen molar-refractivity contribution in [1.29, 1.82) is 0 Å². The first-order valence-corrected chi connectivity index (χ1v) is 10.2. The summed E-state index contributed by atoms with van der Waals surface area (Å²) >= 11 is 0. The number of fused-ring (bicyclic) bond motifs is 2. The normalized spacial score (nSPS) is 33.4. The van der Waals surface area contributed by atoms with Crippen LogP contribution in [0, 0.1) is 17.8 Å². The molecule has 22 heavy (non-hydrogen) atoms. The van der Waals surface area contributed by atoms with Crippen molar-refractivity contribution in [2.75, 3.05) is 12.5 Å². The van der Waals surface area contributed by atoms with Crippen LogP contribution >= 0.6 is 0 Å². The van der Waals surface area contributed by atoms with Crippen molar-refractivity contribution in [3.05, 3.63) is 0 Å². The Morgan fingerprint density at radius 3 is 1.82 bits per heavy atom. The molecule has 2 rings (SSSR count). The fourth-order valence-electron chi connectivity index (χ4n) is 3.47. The Balaban J connectivity index is 2.19. The monoisotopic (exact) mass is 368 g/mol. The summed E-state index contributed by atoms with van der Waals surface area (Å²) in [7, 11) is -9.03. The maximum Gasteiger partial charge on any atom is 0.407 e. The first-order chi connectivity index (χ1) is 9.67. The van der Waals surface area contributed by atoms with Crippen LogP contribution in [0.2, 0.25) is 0 Å². The maximum atomic E-state index is 14.0. The Morgan fingerprint density at radius 2 is 1.45 bits per heavy atom. The average Bonchev–Trinajstić information content (AvgIpc) is 2.83. The second kappa shape index (κ2) is 5.04. The van der Waals surface area contributed by atoms with Crippen LogP contribution in [0.15, 0.2) is 0 Å². The van der Waals surface area contributed by atoms with Crippen molar-refractivity contribution in [2.45, 2.75) is 36.5 Å². The molecular formula is C11H16F4O5S2. The van der Waals surface area contributed by atoms with E-state index in [1.807, 2.05) is 0 Å². The van der Waals surface area contributed by atoms with Gasteiger partial charge in [0.15, 0.2) is 0 Å². The van der Waals surface area contributed by atoms with Crippen molar-refractivity contribution in [1.82, 2.24) is 0 Å². The van der Waals surface area contributed by atoms with Gasteiger partial charge in [0.1, 0.15) is 0 Å². The molecule has 0 aromatic carbocycles. The molecule has 2 fully saturated rings. The summed E-state index contributed by atoms with van der Waals surface area (Å²) in [5.74, 6) is -7.98. The van der Waals surface area contributed by atoms with Crippen LogP contribution in [0.25, 0.3) is 0 Å². The SMILES string of the molecule is CS(=O)(=O)OC1CC2CC1CC2C(F)(F)C(F)(F)S(C)(=O)=O. The largest absolute Gasteiger partial charge is 0.407 e. The molecule has 4 unspecified atom stereocenters. The number of hydrogen-bond acceptors (Lipinski definition) is 5. The minimum Gasteiger partial charge on any atom is -0.267 e. The predicted molar refractivity (Wildman–Crippen MR) is 68.8 cm³/mol. The molecule has 0 aromatic heterocycles. The quantitative estimate of drug-likeness (QED) is 0.545. The molecule has 11 heteroatoms. The molecule has 130 valence electrons. The lowest BCUT2D eigenvalue weighted by atomic mass is 9.83. The first kappa shape index (κ1) is 17.9. The van der Waals surface area contributed by atoms with Gasteiger partial charge in [-0.15, -0.1) is 0 Å². The zero-order valence-corrected chi connectivity index (χ0v) is 13.4. The van der Waals surface area contributed by atoms with Crippen LogP contribution in [0.1, 0.15) is 19.3 Å². The summed E-state index contributed by atoms with van der Waals surface area (Å²) in [6.07, 6.45) is -0.271. The number of hydrogen-bond donors (Lipinski definition) is 0. The van der Waals surface area contributed by atoms with Gasteiger partial charge >= 0.3 is 11.2 Å². The summed E-state index contributed by atoms with van der Waals surface area (Å²) in [6.45, 7) is 0. The second-order valence-electron chi connectivity index (χ2n) is 6.08. The highest BCUT2D eigenvalue weighted by molar-refractivity contribution is 7.91. The molecule has 2 aliphatic rings. The molecule has 0 saturated heterocycles. The molecule has 2 aliphatic carbocycles. The zero-order chi connectivity index (χ0) is 17.1. The second-order valence-corrected chi connectivity index (χ2v) is 9.74. The minimum atomic E-state index is -5.27. The highest BCUT2D eigenvalue weighted by Crippen LogP contribution is 2.58. The third-order valence-electron chi connectivity index (χ3n) is 4.41. The van der Waals surface area contributed by atoms with Gasteiger partial charge in [0.2, 0.25) is 9.84 Å². The molecule has 0 N–H and O–H groups in total. The summed E-state index contributed by atoms with van der Waals surface area (Å²) in [5, 5.41) is -5.15.